The molecule has 0 radical (unpaired) electrons. The van der Waals surface area contributed by atoms with Crippen molar-refractivity contribution in [2.75, 3.05) is 0 Å². The maximum Gasteiger partial charge on any atom is 0.0406 e. The second-order valence-corrected chi connectivity index (χ2v) is 5.20. The first-order valence-corrected chi connectivity index (χ1v) is 6.52. The third kappa shape index (κ3) is 3.45. The molecule has 0 N–H and O–H groups in total. The van der Waals surface area contributed by atoms with Crippen LogP contribution in [0.3, 0.4) is 0 Å². The molecule has 0 amide bonds. The molecule has 2 rings (SSSR count). The molecule has 0 aromatic heterocycles. The molecule has 0 saturated carbocycles. The smallest absolute Gasteiger partial charge is 0.0406 e. The van der Waals surface area contributed by atoms with E-state index in [0.29, 0.717) is 0 Å². The van der Waals surface area contributed by atoms with Crippen LogP contribution in [-0.2, 0) is 0 Å². The van der Waals surface area contributed by atoms with Crippen LogP contribution in [0.1, 0.15) is 16.7 Å². The highest BCUT2D eigenvalue weighted by molar-refractivity contribution is 9.15. The summed E-state index contributed by atoms with van der Waals surface area (Å²) in [5.41, 5.74) is 3.56. The normalized spacial score (nSPS) is 11.6. The highest BCUT2D eigenvalue weighted by Crippen LogP contribution is 2.24. The highest BCUT2D eigenvalue weighted by atomic mass is 79.9. The molecule has 0 aliphatic carbocycles. The van der Waals surface area contributed by atoms with Crippen molar-refractivity contribution >= 4 is 38.1 Å². The Bertz CT molecular complexity index is 524. The zero-order valence-electron chi connectivity index (χ0n) is 9.45. The Balaban J connectivity index is 2.27. The van der Waals surface area contributed by atoms with Gasteiger partial charge in [0, 0.05) is 9.51 Å². The number of hydrogen-bond donors (Lipinski definition) is 0. The quantitative estimate of drug-likeness (QED) is 0.639. The van der Waals surface area contributed by atoms with Gasteiger partial charge < -0.3 is 0 Å². The molecule has 0 spiro atoms. The third-order valence-corrected chi connectivity index (χ3v) is 3.43. The van der Waals surface area contributed by atoms with E-state index in [4.69, 9.17) is 11.6 Å². The predicted molar refractivity (Wildman–Crippen MR) is 79.4 cm³/mol. The summed E-state index contributed by atoms with van der Waals surface area (Å²) in [6, 6.07) is 16.2. The van der Waals surface area contributed by atoms with E-state index in [0.717, 1.165) is 15.1 Å². The molecule has 0 atom stereocenters. The van der Waals surface area contributed by atoms with E-state index in [1.807, 2.05) is 24.3 Å². The van der Waals surface area contributed by atoms with Crippen molar-refractivity contribution in [2.45, 2.75) is 6.92 Å². The Morgan fingerprint density at radius 2 is 1.59 bits per heavy atom. The lowest BCUT2D eigenvalue weighted by Crippen LogP contribution is -1.78. The van der Waals surface area contributed by atoms with Gasteiger partial charge in [0.25, 0.3) is 0 Å². The van der Waals surface area contributed by atoms with Gasteiger partial charge in [0.05, 0.1) is 0 Å². The molecule has 2 aromatic rings. The van der Waals surface area contributed by atoms with Crippen LogP contribution in [0.15, 0.2) is 48.5 Å². The molecular weight excluding hydrogens is 296 g/mol. The summed E-state index contributed by atoms with van der Waals surface area (Å²) in [7, 11) is 0. The van der Waals surface area contributed by atoms with Crippen LogP contribution >= 0.6 is 27.5 Å². The summed E-state index contributed by atoms with van der Waals surface area (Å²) in [5, 5.41) is 0.758. The first kappa shape index (κ1) is 12.4. The van der Waals surface area contributed by atoms with Crippen molar-refractivity contribution in [3.05, 3.63) is 70.2 Å². The van der Waals surface area contributed by atoms with Gasteiger partial charge in [-0.1, -0.05) is 69.5 Å². The zero-order valence-corrected chi connectivity index (χ0v) is 11.8. The SMILES string of the molecule is Cc1ccc(/C(Br)=C\c2ccc(Cl)cc2)cc1. The van der Waals surface area contributed by atoms with Crippen LogP contribution < -0.4 is 0 Å². The summed E-state index contributed by atoms with van der Waals surface area (Å²) >= 11 is 9.44. The van der Waals surface area contributed by atoms with E-state index in [9.17, 15) is 0 Å². The lowest BCUT2D eigenvalue weighted by molar-refractivity contribution is 1.46. The number of aryl methyl sites for hydroxylation is 1. The molecule has 86 valence electrons. The molecule has 0 aliphatic heterocycles. The van der Waals surface area contributed by atoms with Crippen LogP contribution in [0, 0.1) is 6.92 Å². The fourth-order valence-electron chi connectivity index (χ4n) is 1.50. The highest BCUT2D eigenvalue weighted by Gasteiger charge is 1.97. The minimum atomic E-state index is 0.758. The fraction of sp³-hybridized carbons (Fsp3) is 0.0667. The summed E-state index contributed by atoms with van der Waals surface area (Å²) < 4.78 is 1.07. The molecule has 2 heteroatoms. The van der Waals surface area contributed by atoms with Crippen LogP contribution in [0.2, 0.25) is 5.02 Å². The topological polar surface area (TPSA) is 0 Å². The van der Waals surface area contributed by atoms with Crippen molar-refractivity contribution in [1.29, 1.82) is 0 Å². The van der Waals surface area contributed by atoms with Gasteiger partial charge in [0.2, 0.25) is 0 Å². The second-order valence-electron chi connectivity index (χ2n) is 3.91. The third-order valence-electron chi connectivity index (χ3n) is 2.49. The maximum atomic E-state index is 5.85. The number of halogens is 2. The minimum absolute atomic E-state index is 0.758. The Hall–Kier alpha value is -1.05. The lowest BCUT2D eigenvalue weighted by Gasteiger charge is -2.01. The van der Waals surface area contributed by atoms with E-state index >= 15 is 0 Å². The van der Waals surface area contributed by atoms with Crippen molar-refractivity contribution in [2.24, 2.45) is 0 Å². The molecule has 0 nitrogen and oxygen atoms in total. The molecule has 0 unspecified atom stereocenters. The van der Waals surface area contributed by atoms with Crippen LogP contribution in [0.4, 0.5) is 0 Å². The summed E-state index contributed by atoms with van der Waals surface area (Å²) in [4.78, 5) is 0. The van der Waals surface area contributed by atoms with Crippen LogP contribution in [-0.4, -0.2) is 0 Å². The van der Waals surface area contributed by atoms with Gasteiger partial charge in [-0.25, -0.2) is 0 Å². The van der Waals surface area contributed by atoms with Crippen molar-refractivity contribution < 1.29 is 0 Å². The molecule has 17 heavy (non-hydrogen) atoms. The summed E-state index contributed by atoms with van der Waals surface area (Å²) in [5.74, 6) is 0. The summed E-state index contributed by atoms with van der Waals surface area (Å²) in [6.45, 7) is 2.08. The van der Waals surface area contributed by atoms with Crippen molar-refractivity contribution in [3.63, 3.8) is 0 Å². The predicted octanol–water partition coefficient (Wildman–Crippen LogP) is 5.54. The molecule has 0 saturated heterocycles. The van der Waals surface area contributed by atoms with Crippen LogP contribution in [0.5, 0.6) is 0 Å². The zero-order chi connectivity index (χ0) is 12.3. The molecule has 2 aromatic carbocycles. The van der Waals surface area contributed by atoms with E-state index < -0.39 is 0 Å². The van der Waals surface area contributed by atoms with Gasteiger partial charge in [-0.05, 0) is 36.3 Å². The first-order valence-electron chi connectivity index (χ1n) is 5.35. The number of benzene rings is 2. The minimum Gasteiger partial charge on any atom is -0.0843 e. The molecule has 0 fully saturated rings. The second kappa shape index (κ2) is 5.52. The Labute approximate surface area is 115 Å². The van der Waals surface area contributed by atoms with E-state index in [1.54, 1.807) is 0 Å². The average molecular weight is 308 g/mol. The van der Waals surface area contributed by atoms with Crippen molar-refractivity contribution in [3.8, 4) is 0 Å². The van der Waals surface area contributed by atoms with Gasteiger partial charge in [-0.2, -0.15) is 0 Å². The van der Waals surface area contributed by atoms with Gasteiger partial charge in [-0.15, -0.1) is 0 Å². The monoisotopic (exact) mass is 306 g/mol. The lowest BCUT2D eigenvalue weighted by atomic mass is 10.1. The Morgan fingerprint density at radius 1 is 1.00 bits per heavy atom. The van der Waals surface area contributed by atoms with Gasteiger partial charge >= 0.3 is 0 Å². The fourth-order valence-corrected chi connectivity index (χ4v) is 2.16. The first-order chi connectivity index (χ1) is 8.15. The maximum absolute atomic E-state index is 5.85. The Kier molecular flexibility index (Phi) is 4.03. The number of hydrogen-bond acceptors (Lipinski definition) is 0. The van der Waals surface area contributed by atoms with Crippen molar-refractivity contribution in [1.82, 2.24) is 0 Å². The van der Waals surface area contributed by atoms with Gasteiger partial charge in [0.1, 0.15) is 0 Å². The van der Waals surface area contributed by atoms with E-state index in [-0.39, 0.29) is 0 Å². The van der Waals surface area contributed by atoms with E-state index in [1.165, 1.54) is 11.1 Å². The van der Waals surface area contributed by atoms with Gasteiger partial charge in [-0.3, -0.25) is 0 Å². The molecular formula is C15H12BrCl. The van der Waals surface area contributed by atoms with E-state index in [2.05, 4.69) is 53.2 Å². The average Bonchev–Trinajstić information content (AvgIpc) is 2.33. The molecule has 0 heterocycles. The molecule has 0 aliphatic rings. The largest absolute Gasteiger partial charge is 0.0843 e. The Morgan fingerprint density at radius 3 is 2.18 bits per heavy atom. The summed E-state index contributed by atoms with van der Waals surface area (Å²) in [6.07, 6.45) is 2.08. The number of rotatable bonds is 2. The van der Waals surface area contributed by atoms with Gasteiger partial charge in [0.15, 0.2) is 0 Å². The van der Waals surface area contributed by atoms with Crippen LogP contribution in [0.25, 0.3) is 10.6 Å². The standard InChI is InChI=1S/C15H12BrCl/c1-11-2-6-13(7-3-11)15(16)10-12-4-8-14(17)9-5-12/h2-10H,1H3/b15-10+. The molecule has 0 bridgehead atoms.